The molecular weight excluding hydrogens is 346 g/mol. The van der Waals surface area contributed by atoms with Crippen molar-refractivity contribution in [3.63, 3.8) is 0 Å². The first-order valence-corrected chi connectivity index (χ1v) is 10.5. The number of rotatable bonds is 6. The van der Waals surface area contributed by atoms with Gasteiger partial charge in [-0.05, 0) is 49.9 Å². The van der Waals surface area contributed by atoms with Crippen molar-refractivity contribution in [2.45, 2.75) is 46.6 Å². The molecule has 28 heavy (non-hydrogen) atoms. The number of piperazine rings is 1. The number of hydrogen-bond donors (Lipinski definition) is 1. The molecular formula is C24H33N3O. The first-order chi connectivity index (χ1) is 13.5. The van der Waals surface area contributed by atoms with Gasteiger partial charge in [-0.2, -0.15) is 0 Å². The van der Waals surface area contributed by atoms with Crippen LogP contribution in [0, 0.1) is 6.92 Å². The zero-order valence-corrected chi connectivity index (χ0v) is 17.7. The van der Waals surface area contributed by atoms with Gasteiger partial charge in [0.25, 0.3) is 0 Å². The number of carbonyl (C=O) groups is 1. The molecule has 0 aromatic heterocycles. The van der Waals surface area contributed by atoms with Gasteiger partial charge < -0.3 is 10.2 Å². The molecule has 1 aliphatic heterocycles. The fraction of sp³-hybridized carbons (Fsp3) is 0.458. The van der Waals surface area contributed by atoms with Crippen LogP contribution in [0.4, 0.5) is 11.4 Å². The van der Waals surface area contributed by atoms with E-state index in [-0.39, 0.29) is 5.91 Å². The van der Waals surface area contributed by atoms with E-state index >= 15 is 0 Å². The normalized spacial score (nSPS) is 17.6. The molecule has 1 N–H and O–H groups in total. The average molecular weight is 380 g/mol. The Kier molecular flexibility index (Phi) is 6.74. The Bertz CT molecular complexity index is 778. The lowest BCUT2D eigenvalue weighted by molar-refractivity contribution is -0.117. The summed E-state index contributed by atoms with van der Waals surface area (Å²) in [6.07, 6.45) is 1.85. The second-order valence-electron chi connectivity index (χ2n) is 7.82. The molecule has 1 unspecified atom stereocenters. The van der Waals surface area contributed by atoms with Gasteiger partial charge in [0.2, 0.25) is 5.91 Å². The molecule has 0 bridgehead atoms. The smallest absolute Gasteiger partial charge is 0.238 e. The van der Waals surface area contributed by atoms with Crippen LogP contribution in [0.25, 0.3) is 0 Å². The SMILES string of the molecule is CCc1cccc(CC)c1NC(=O)CN1CCN(c2ccc(C)cc2)C(C)C1. The minimum Gasteiger partial charge on any atom is -0.366 e. The monoisotopic (exact) mass is 379 g/mol. The summed E-state index contributed by atoms with van der Waals surface area (Å²) in [6.45, 7) is 11.8. The second-order valence-corrected chi connectivity index (χ2v) is 7.82. The van der Waals surface area contributed by atoms with Crippen LogP contribution in [-0.2, 0) is 17.6 Å². The summed E-state index contributed by atoms with van der Waals surface area (Å²) in [5.74, 6) is 0.0894. The zero-order chi connectivity index (χ0) is 20.1. The molecule has 0 saturated carbocycles. The summed E-state index contributed by atoms with van der Waals surface area (Å²) in [5, 5.41) is 3.20. The zero-order valence-electron chi connectivity index (χ0n) is 17.7. The Labute approximate surface area is 169 Å². The molecule has 2 aromatic rings. The number of anilines is 2. The predicted octanol–water partition coefficient (Wildman–Crippen LogP) is 4.27. The number of nitrogens with zero attached hydrogens (tertiary/aromatic N) is 2. The lowest BCUT2D eigenvalue weighted by Crippen LogP contribution is -2.53. The van der Waals surface area contributed by atoms with Crippen molar-refractivity contribution in [3.05, 3.63) is 59.2 Å². The van der Waals surface area contributed by atoms with Crippen LogP contribution in [0.3, 0.4) is 0 Å². The van der Waals surface area contributed by atoms with E-state index in [0.29, 0.717) is 12.6 Å². The van der Waals surface area contributed by atoms with Crippen LogP contribution in [0.1, 0.15) is 37.5 Å². The van der Waals surface area contributed by atoms with Gasteiger partial charge in [-0.25, -0.2) is 0 Å². The molecule has 1 amide bonds. The molecule has 4 nitrogen and oxygen atoms in total. The molecule has 2 aromatic carbocycles. The number of hydrogen-bond acceptors (Lipinski definition) is 3. The van der Waals surface area contributed by atoms with Crippen LogP contribution in [0.5, 0.6) is 0 Å². The largest absolute Gasteiger partial charge is 0.366 e. The molecule has 1 atom stereocenters. The van der Waals surface area contributed by atoms with E-state index in [4.69, 9.17) is 0 Å². The van der Waals surface area contributed by atoms with E-state index in [9.17, 15) is 4.79 Å². The molecule has 1 heterocycles. The third-order valence-electron chi connectivity index (χ3n) is 5.71. The minimum atomic E-state index is 0.0894. The van der Waals surface area contributed by atoms with Crippen molar-refractivity contribution in [1.82, 2.24) is 4.90 Å². The van der Waals surface area contributed by atoms with Gasteiger partial charge in [0, 0.05) is 37.1 Å². The molecule has 0 spiro atoms. The fourth-order valence-corrected chi connectivity index (χ4v) is 4.08. The Morgan fingerprint density at radius 3 is 2.25 bits per heavy atom. The van der Waals surface area contributed by atoms with Crippen LogP contribution in [0.15, 0.2) is 42.5 Å². The van der Waals surface area contributed by atoms with Crippen molar-refractivity contribution in [2.24, 2.45) is 0 Å². The van der Waals surface area contributed by atoms with Crippen LogP contribution in [-0.4, -0.2) is 43.0 Å². The van der Waals surface area contributed by atoms with Crippen molar-refractivity contribution < 1.29 is 4.79 Å². The van der Waals surface area contributed by atoms with Crippen molar-refractivity contribution in [1.29, 1.82) is 0 Å². The van der Waals surface area contributed by atoms with Crippen molar-refractivity contribution in [3.8, 4) is 0 Å². The summed E-state index contributed by atoms with van der Waals surface area (Å²) >= 11 is 0. The van der Waals surface area contributed by atoms with E-state index in [1.54, 1.807) is 0 Å². The number of benzene rings is 2. The average Bonchev–Trinajstić information content (AvgIpc) is 2.69. The summed E-state index contributed by atoms with van der Waals surface area (Å²) in [4.78, 5) is 17.5. The highest BCUT2D eigenvalue weighted by molar-refractivity contribution is 5.93. The summed E-state index contributed by atoms with van der Waals surface area (Å²) < 4.78 is 0. The standard InChI is InChI=1S/C24H33N3O/c1-5-20-8-7-9-21(6-2)24(20)25-23(28)17-26-14-15-27(19(4)16-26)22-12-10-18(3)11-13-22/h7-13,19H,5-6,14-17H2,1-4H3,(H,25,28). The van der Waals surface area contributed by atoms with Gasteiger partial charge in [-0.15, -0.1) is 0 Å². The quantitative estimate of drug-likeness (QED) is 0.814. The van der Waals surface area contributed by atoms with E-state index in [1.807, 2.05) is 0 Å². The Morgan fingerprint density at radius 2 is 1.68 bits per heavy atom. The highest BCUT2D eigenvalue weighted by atomic mass is 16.2. The molecule has 4 heteroatoms. The highest BCUT2D eigenvalue weighted by Crippen LogP contribution is 2.23. The van der Waals surface area contributed by atoms with Gasteiger partial charge in [0.1, 0.15) is 0 Å². The third kappa shape index (κ3) is 4.74. The topological polar surface area (TPSA) is 35.6 Å². The molecule has 1 saturated heterocycles. The summed E-state index contributed by atoms with van der Waals surface area (Å²) in [6, 6.07) is 15.4. The third-order valence-corrected chi connectivity index (χ3v) is 5.71. The van der Waals surface area contributed by atoms with E-state index in [2.05, 4.69) is 85.3 Å². The van der Waals surface area contributed by atoms with Gasteiger partial charge in [-0.1, -0.05) is 49.7 Å². The maximum atomic E-state index is 12.7. The van der Waals surface area contributed by atoms with E-state index < -0.39 is 0 Å². The lowest BCUT2D eigenvalue weighted by atomic mass is 10.0. The van der Waals surface area contributed by atoms with Crippen molar-refractivity contribution >= 4 is 17.3 Å². The van der Waals surface area contributed by atoms with Gasteiger partial charge in [-0.3, -0.25) is 9.69 Å². The number of amides is 1. The number of nitrogens with one attached hydrogen (secondary N) is 1. The lowest BCUT2D eigenvalue weighted by Gasteiger charge is -2.41. The number of para-hydroxylation sites is 1. The maximum Gasteiger partial charge on any atom is 0.238 e. The Morgan fingerprint density at radius 1 is 1.04 bits per heavy atom. The first-order valence-electron chi connectivity index (χ1n) is 10.5. The Hall–Kier alpha value is -2.33. The second kappa shape index (κ2) is 9.24. The molecule has 1 aliphatic rings. The number of aryl methyl sites for hydroxylation is 3. The van der Waals surface area contributed by atoms with E-state index in [1.165, 1.54) is 22.4 Å². The molecule has 0 aliphatic carbocycles. The van der Waals surface area contributed by atoms with Gasteiger partial charge >= 0.3 is 0 Å². The predicted molar refractivity (Wildman–Crippen MR) is 118 cm³/mol. The first kappa shape index (κ1) is 20.4. The molecule has 150 valence electrons. The van der Waals surface area contributed by atoms with E-state index in [0.717, 1.165) is 38.2 Å². The van der Waals surface area contributed by atoms with Crippen LogP contribution >= 0.6 is 0 Å². The highest BCUT2D eigenvalue weighted by Gasteiger charge is 2.25. The molecule has 1 fully saturated rings. The number of carbonyl (C=O) groups excluding carboxylic acids is 1. The Balaban J connectivity index is 1.60. The van der Waals surface area contributed by atoms with Gasteiger partial charge in [0.15, 0.2) is 0 Å². The minimum absolute atomic E-state index is 0.0894. The van der Waals surface area contributed by atoms with Crippen molar-refractivity contribution in [2.75, 3.05) is 36.4 Å². The fourth-order valence-electron chi connectivity index (χ4n) is 4.08. The summed E-state index contributed by atoms with van der Waals surface area (Å²) in [5.41, 5.74) is 6.00. The summed E-state index contributed by atoms with van der Waals surface area (Å²) in [7, 11) is 0. The van der Waals surface area contributed by atoms with Crippen LogP contribution < -0.4 is 10.2 Å². The maximum absolute atomic E-state index is 12.7. The molecule has 3 rings (SSSR count). The molecule has 0 radical (unpaired) electrons. The van der Waals surface area contributed by atoms with Gasteiger partial charge in [0.05, 0.1) is 6.54 Å². The van der Waals surface area contributed by atoms with Crippen LogP contribution in [0.2, 0.25) is 0 Å².